The van der Waals surface area contributed by atoms with Crippen LogP contribution in [0.5, 0.6) is 0 Å². The molecule has 0 amide bonds. The van der Waals surface area contributed by atoms with Crippen molar-refractivity contribution < 1.29 is 4.74 Å². The minimum Gasteiger partial charge on any atom is -0.370 e. The predicted molar refractivity (Wildman–Crippen MR) is 61.2 cm³/mol. The average molecular weight is 217 g/mol. The normalized spacial score (nSPS) is 21.4. The van der Waals surface area contributed by atoms with Gasteiger partial charge in [-0.3, -0.25) is 0 Å². The second kappa shape index (κ2) is 3.87. The molecule has 1 unspecified atom stereocenters. The molecule has 84 valence electrons. The second-order valence-corrected chi connectivity index (χ2v) is 4.36. The van der Waals surface area contributed by atoms with Gasteiger partial charge in [-0.1, -0.05) is 0 Å². The van der Waals surface area contributed by atoms with Gasteiger partial charge in [-0.15, -0.1) is 0 Å². The third-order valence-corrected chi connectivity index (χ3v) is 2.98. The van der Waals surface area contributed by atoms with E-state index in [1.807, 2.05) is 13.1 Å². The molecule has 4 nitrogen and oxygen atoms in total. The molecule has 16 heavy (non-hydrogen) atoms. The summed E-state index contributed by atoms with van der Waals surface area (Å²) < 4.78 is 5.70. The summed E-state index contributed by atoms with van der Waals surface area (Å²) in [7, 11) is 0. The monoisotopic (exact) mass is 217 g/mol. The quantitative estimate of drug-likeness (QED) is 0.798. The molecule has 2 aromatic heterocycles. The zero-order valence-corrected chi connectivity index (χ0v) is 9.36. The Balaban J connectivity index is 1.97. The lowest BCUT2D eigenvalue weighted by atomic mass is 10.1. The van der Waals surface area contributed by atoms with Gasteiger partial charge in [0.15, 0.2) is 5.65 Å². The number of nitrogens with one attached hydrogen (secondary N) is 1. The van der Waals surface area contributed by atoms with Gasteiger partial charge in [0.25, 0.3) is 0 Å². The highest BCUT2D eigenvalue weighted by Gasteiger charge is 2.19. The molecule has 3 rings (SSSR count). The highest BCUT2D eigenvalue weighted by molar-refractivity contribution is 5.71. The lowest BCUT2D eigenvalue weighted by molar-refractivity contribution is 0.0101. The number of H-pyrrole nitrogens is 1. The molecule has 0 spiro atoms. The number of ether oxygens (including phenoxy) is 1. The summed E-state index contributed by atoms with van der Waals surface area (Å²) in [6.07, 6.45) is 5.40. The van der Waals surface area contributed by atoms with E-state index in [2.05, 4.69) is 21.0 Å². The van der Waals surface area contributed by atoms with Gasteiger partial charge < -0.3 is 9.72 Å². The molecule has 1 aliphatic heterocycles. The summed E-state index contributed by atoms with van der Waals surface area (Å²) in [6.45, 7) is 2.87. The molecular weight excluding hydrogens is 202 g/mol. The van der Waals surface area contributed by atoms with E-state index in [1.54, 1.807) is 0 Å². The summed E-state index contributed by atoms with van der Waals surface area (Å²) in [5, 5.41) is 0. The van der Waals surface area contributed by atoms with Gasteiger partial charge in [-0.05, 0) is 37.8 Å². The van der Waals surface area contributed by atoms with Crippen LogP contribution in [0.25, 0.3) is 11.2 Å². The fourth-order valence-corrected chi connectivity index (χ4v) is 2.13. The van der Waals surface area contributed by atoms with Gasteiger partial charge in [-0.25, -0.2) is 9.97 Å². The van der Waals surface area contributed by atoms with Crippen LogP contribution in [0.15, 0.2) is 12.3 Å². The van der Waals surface area contributed by atoms with Crippen molar-refractivity contribution in [2.24, 2.45) is 0 Å². The lowest BCUT2D eigenvalue weighted by Gasteiger charge is -2.20. The van der Waals surface area contributed by atoms with Crippen molar-refractivity contribution in [1.82, 2.24) is 15.0 Å². The Morgan fingerprint density at radius 2 is 2.38 bits per heavy atom. The van der Waals surface area contributed by atoms with Crippen LogP contribution in [-0.2, 0) is 4.74 Å². The van der Waals surface area contributed by atoms with E-state index in [0.717, 1.165) is 42.0 Å². The van der Waals surface area contributed by atoms with E-state index in [9.17, 15) is 0 Å². The summed E-state index contributed by atoms with van der Waals surface area (Å²) >= 11 is 0. The molecule has 0 saturated carbocycles. The highest BCUT2D eigenvalue weighted by atomic mass is 16.5. The third kappa shape index (κ3) is 1.69. The van der Waals surface area contributed by atoms with Gasteiger partial charge in [0.05, 0.1) is 5.52 Å². The van der Waals surface area contributed by atoms with Crippen molar-refractivity contribution in [1.29, 1.82) is 0 Å². The second-order valence-electron chi connectivity index (χ2n) is 4.36. The fraction of sp³-hybridized carbons (Fsp3) is 0.500. The summed E-state index contributed by atoms with van der Waals surface area (Å²) in [6, 6.07) is 2.07. The SMILES string of the molecule is Cc1cnc2nc(C3CCCCO3)[nH]c2c1. The van der Waals surface area contributed by atoms with Gasteiger partial charge >= 0.3 is 0 Å². The number of imidazole rings is 1. The first kappa shape index (κ1) is 9.78. The minimum atomic E-state index is 0.128. The largest absolute Gasteiger partial charge is 0.370 e. The number of rotatable bonds is 1. The van der Waals surface area contributed by atoms with E-state index >= 15 is 0 Å². The first-order chi connectivity index (χ1) is 7.83. The number of pyridine rings is 1. The van der Waals surface area contributed by atoms with Crippen LogP contribution in [0.4, 0.5) is 0 Å². The van der Waals surface area contributed by atoms with E-state index in [4.69, 9.17) is 4.74 Å². The Bertz CT molecular complexity index is 500. The maximum atomic E-state index is 5.70. The lowest BCUT2D eigenvalue weighted by Crippen LogP contribution is -2.12. The fourth-order valence-electron chi connectivity index (χ4n) is 2.13. The summed E-state index contributed by atoms with van der Waals surface area (Å²) in [5.41, 5.74) is 2.94. The van der Waals surface area contributed by atoms with E-state index < -0.39 is 0 Å². The number of aromatic nitrogens is 3. The molecular formula is C12H15N3O. The van der Waals surface area contributed by atoms with Crippen molar-refractivity contribution in [2.75, 3.05) is 6.61 Å². The smallest absolute Gasteiger partial charge is 0.177 e. The Kier molecular flexibility index (Phi) is 2.36. The Labute approximate surface area is 94.1 Å². The molecule has 1 atom stereocenters. The topological polar surface area (TPSA) is 50.8 Å². The molecule has 2 aromatic rings. The van der Waals surface area contributed by atoms with Crippen molar-refractivity contribution in [3.05, 3.63) is 23.7 Å². The van der Waals surface area contributed by atoms with Crippen LogP contribution in [0, 0.1) is 6.92 Å². The summed E-state index contributed by atoms with van der Waals surface area (Å²) in [4.78, 5) is 12.1. The van der Waals surface area contributed by atoms with Gasteiger partial charge in [0.2, 0.25) is 0 Å². The number of aryl methyl sites for hydroxylation is 1. The van der Waals surface area contributed by atoms with Crippen molar-refractivity contribution in [2.45, 2.75) is 32.3 Å². The Morgan fingerprint density at radius 1 is 1.44 bits per heavy atom. The van der Waals surface area contributed by atoms with Crippen LogP contribution in [0.3, 0.4) is 0 Å². The molecule has 1 fully saturated rings. The average Bonchev–Trinajstić information content (AvgIpc) is 2.73. The molecule has 0 aliphatic carbocycles. The van der Waals surface area contributed by atoms with E-state index in [-0.39, 0.29) is 6.10 Å². The zero-order valence-electron chi connectivity index (χ0n) is 9.36. The molecule has 0 bridgehead atoms. The van der Waals surface area contributed by atoms with Gasteiger partial charge in [-0.2, -0.15) is 0 Å². The highest BCUT2D eigenvalue weighted by Crippen LogP contribution is 2.26. The van der Waals surface area contributed by atoms with Crippen molar-refractivity contribution in [3.8, 4) is 0 Å². The molecule has 0 aromatic carbocycles. The molecule has 4 heteroatoms. The molecule has 1 aliphatic rings. The van der Waals surface area contributed by atoms with Crippen LogP contribution in [0.2, 0.25) is 0 Å². The standard InChI is InChI=1S/C12H15N3O/c1-8-6-9-11(13-7-8)15-12(14-9)10-4-2-3-5-16-10/h6-7,10H,2-5H2,1H3,(H,13,14,15). The van der Waals surface area contributed by atoms with E-state index in [1.165, 1.54) is 6.42 Å². The predicted octanol–water partition coefficient (Wildman–Crippen LogP) is 2.51. The molecule has 1 N–H and O–H groups in total. The molecule has 3 heterocycles. The van der Waals surface area contributed by atoms with Crippen molar-refractivity contribution in [3.63, 3.8) is 0 Å². The minimum absolute atomic E-state index is 0.128. The maximum absolute atomic E-state index is 5.70. The Morgan fingerprint density at radius 3 is 3.19 bits per heavy atom. The zero-order chi connectivity index (χ0) is 11.0. The first-order valence-corrected chi connectivity index (χ1v) is 5.77. The maximum Gasteiger partial charge on any atom is 0.177 e. The van der Waals surface area contributed by atoms with Gasteiger partial charge in [0.1, 0.15) is 11.9 Å². The van der Waals surface area contributed by atoms with Crippen LogP contribution in [0.1, 0.15) is 36.8 Å². The third-order valence-electron chi connectivity index (χ3n) is 2.98. The number of fused-ring (bicyclic) bond motifs is 1. The van der Waals surface area contributed by atoms with Crippen LogP contribution >= 0.6 is 0 Å². The van der Waals surface area contributed by atoms with Crippen LogP contribution < -0.4 is 0 Å². The first-order valence-electron chi connectivity index (χ1n) is 5.77. The number of hydrogen-bond donors (Lipinski definition) is 1. The number of aromatic amines is 1. The van der Waals surface area contributed by atoms with Gasteiger partial charge in [0, 0.05) is 12.8 Å². The van der Waals surface area contributed by atoms with Crippen LogP contribution in [-0.4, -0.2) is 21.6 Å². The van der Waals surface area contributed by atoms with E-state index in [0.29, 0.717) is 0 Å². The Hall–Kier alpha value is -1.42. The molecule has 0 radical (unpaired) electrons. The van der Waals surface area contributed by atoms with Crippen molar-refractivity contribution >= 4 is 11.2 Å². The summed E-state index contributed by atoms with van der Waals surface area (Å²) in [5.74, 6) is 0.924. The molecule has 1 saturated heterocycles. The number of hydrogen-bond acceptors (Lipinski definition) is 3. The number of nitrogens with zero attached hydrogens (tertiary/aromatic N) is 2.